The summed E-state index contributed by atoms with van der Waals surface area (Å²) >= 11 is 6.20. The number of hydrogen-bond donors (Lipinski definition) is 2. The van der Waals surface area contributed by atoms with E-state index in [0.29, 0.717) is 36.6 Å². The summed E-state index contributed by atoms with van der Waals surface area (Å²) in [5.41, 5.74) is 1.91. The van der Waals surface area contributed by atoms with Crippen molar-refractivity contribution < 1.29 is 19.0 Å². The molecule has 178 valence electrons. The van der Waals surface area contributed by atoms with Crippen LogP contribution in [0.15, 0.2) is 42.5 Å². The van der Waals surface area contributed by atoms with Crippen molar-refractivity contribution in [2.45, 2.75) is 56.2 Å². The molecular weight excluding hydrogens is 443 g/mol. The Bertz CT molecular complexity index is 977. The molecule has 0 amide bonds. The summed E-state index contributed by atoms with van der Waals surface area (Å²) in [5, 5.41) is 12.1. The van der Waals surface area contributed by atoms with Gasteiger partial charge in [0.2, 0.25) is 0 Å². The molecule has 2 aromatic carbocycles. The summed E-state index contributed by atoms with van der Waals surface area (Å²) in [4.78, 5) is 13.5. The van der Waals surface area contributed by atoms with E-state index in [1.54, 1.807) is 6.07 Å². The maximum atomic E-state index is 14.9. The lowest BCUT2D eigenvalue weighted by Crippen LogP contribution is -2.44. The van der Waals surface area contributed by atoms with Gasteiger partial charge in [-0.3, -0.25) is 9.69 Å². The summed E-state index contributed by atoms with van der Waals surface area (Å²) in [7, 11) is 4.28. The molecule has 0 unspecified atom stereocenters. The molecule has 1 saturated heterocycles. The number of rotatable bonds is 7. The summed E-state index contributed by atoms with van der Waals surface area (Å²) in [5.74, 6) is -0.408. The smallest absolute Gasteiger partial charge is 0.320 e. The minimum Gasteiger partial charge on any atom is -0.489 e. The SMILES string of the molecule is CN(C)[C@]1(c2ccccc2)CC[C@@H](Cc2cc(O[C@@H]3CN[C@H](C(=O)O)C3)cc(Cl)c2F)CC1. The van der Waals surface area contributed by atoms with Crippen molar-refractivity contribution in [3.8, 4) is 5.75 Å². The van der Waals surface area contributed by atoms with Crippen LogP contribution in [0.5, 0.6) is 5.75 Å². The van der Waals surface area contributed by atoms with Gasteiger partial charge in [0.05, 0.1) is 5.02 Å². The number of halogens is 2. The molecule has 1 aliphatic heterocycles. The van der Waals surface area contributed by atoms with Gasteiger partial charge in [-0.2, -0.15) is 0 Å². The molecule has 33 heavy (non-hydrogen) atoms. The van der Waals surface area contributed by atoms with Crippen LogP contribution in [0.1, 0.15) is 43.2 Å². The molecular formula is C26H32ClFN2O3. The van der Waals surface area contributed by atoms with Crippen molar-refractivity contribution in [3.05, 3.63) is 64.4 Å². The second-order valence-corrected chi connectivity index (χ2v) is 10.00. The minimum absolute atomic E-state index is 0.00899. The third-order valence-electron chi connectivity index (χ3n) is 7.38. The maximum Gasteiger partial charge on any atom is 0.320 e. The van der Waals surface area contributed by atoms with Crippen molar-refractivity contribution in [3.63, 3.8) is 0 Å². The van der Waals surface area contributed by atoms with E-state index in [2.05, 4.69) is 48.6 Å². The Labute approximate surface area is 199 Å². The van der Waals surface area contributed by atoms with Crippen LogP contribution in [0.4, 0.5) is 4.39 Å². The molecule has 2 aromatic rings. The molecule has 2 fully saturated rings. The fourth-order valence-corrected chi connectivity index (χ4v) is 5.65. The van der Waals surface area contributed by atoms with Gasteiger partial charge in [0, 0.05) is 24.6 Å². The first kappa shape index (κ1) is 24.0. The van der Waals surface area contributed by atoms with Crippen molar-refractivity contribution in [1.82, 2.24) is 10.2 Å². The zero-order valence-electron chi connectivity index (χ0n) is 19.2. The number of nitrogens with zero attached hydrogens (tertiary/aromatic N) is 1. The Hall–Kier alpha value is -2.15. The van der Waals surface area contributed by atoms with E-state index >= 15 is 0 Å². The Kier molecular flexibility index (Phi) is 7.27. The lowest BCUT2D eigenvalue weighted by molar-refractivity contribution is -0.139. The number of carboxylic acid groups (broad SMARTS) is 1. The number of aliphatic carboxylic acids is 1. The highest BCUT2D eigenvalue weighted by Gasteiger charge is 2.39. The van der Waals surface area contributed by atoms with Gasteiger partial charge in [0.1, 0.15) is 23.7 Å². The number of carboxylic acids is 1. The maximum absolute atomic E-state index is 14.9. The normalized spacial score (nSPS) is 27.6. The molecule has 0 radical (unpaired) electrons. The zero-order valence-corrected chi connectivity index (χ0v) is 19.9. The van der Waals surface area contributed by atoms with E-state index in [4.69, 9.17) is 21.4 Å². The van der Waals surface area contributed by atoms with E-state index in [1.807, 2.05) is 6.07 Å². The summed E-state index contributed by atoms with van der Waals surface area (Å²) in [6.45, 7) is 0.441. The molecule has 2 N–H and O–H groups in total. The van der Waals surface area contributed by atoms with E-state index in [9.17, 15) is 9.18 Å². The monoisotopic (exact) mass is 474 g/mol. The van der Waals surface area contributed by atoms with Crippen molar-refractivity contribution >= 4 is 17.6 Å². The van der Waals surface area contributed by atoms with Crippen molar-refractivity contribution in [2.24, 2.45) is 5.92 Å². The quantitative estimate of drug-likeness (QED) is 0.600. The highest BCUT2D eigenvalue weighted by molar-refractivity contribution is 6.31. The second-order valence-electron chi connectivity index (χ2n) is 9.59. The number of nitrogens with one attached hydrogen (secondary N) is 1. The molecule has 0 spiro atoms. The fourth-order valence-electron chi connectivity index (χ4n) is 5.42. The lowest BCUT2D eigenvalue weighted by atomic mass is 9.70. The fraction of sp³-hybridized carbons (Fsp3) is 0.500. The molecule has 7 heteroatoms. The molecule has 0 aromatic heterocycles. The highest BCUT2D eigenvalue weighted by atomic mass is 35.5. The van der Waals surface area contributed by atoms with Crippen LogP contribution in [-0.2, 0) is 16.8 Å². The molecule has 1 saturated carbocycles. The Morgan fingerprint density at radius 3 is 2.55 bits per heavy atom. The predicted octanol–water partition coefficient (Wildman–Crippen LogP) is 4.86. The standard InChI is InChI=1S/C26H32ClFN2O3/c1-30(2)26(19-6-4-3-5-7-19)10-8-17(9-11-26)12-18-13-20(14-22(27)24(18)28)33-21-15-23(25(31)32)29-16-21/h3-7,13-14,17,21,23,29H,8-12,15-16H2,1-2H3,(H,31,32)/t17-,21-,23-,26-/m0/s1. The van der Waals surface area contributed by atoms with Gasteiger partial charge >= 0.3 is 5.97 Å². The summed E-state index contributed by atoms with van der Waals surface area (Å²) in [6, 6.07) is 13.2. The van der Waals surface area contributed by atoms with Gasteiger partial charge < -0.3 is 15.2 Å². The molecule has 1 aliphatic carbocycles. The summed E-state index contributed by atoms with van der Waals surface area (Å²) in [6.07, 6.45) is 4.75. The Balaban J connectivity index is 1.44. The molecule has 2 atom stereocenters. The third kappa shape index (κ3) is 5.18. The van der Waals surface area contributed by atoms with E-state index in [0.717, 1.165) is 25.7 Å². The molecule has 2 aliphatic rings. The van der Waals surface area contributed by atoms with Crippen LogP contribution < -0.4 is 10.1 Å². The summed E-state index contributed by atoms with van der Waals surface area (Å²) < 4.78 is 20.8. The van der Waals surface area contributed by atoms with Gasteiger partial charge in [-0.25, -0.2) is 4.39 Å². The van der Waals surface area contributed by atoms with Gasteiger partial charge in [-0.05, 0) is 69.3 Å². The predicted molar refractivity (Wildman–Crippen MR) is 127 cm³/mol. The van der Waals surface area contributed by atoms with Crippen LogP contribution in [0.2, 0.25) is 5.02 Å². The average molecular weight is 475 g/mol. The first-order valence-corrected chi connectivity index (χ1v) is 12.0. The van der Waals surface area contributed by atoms with Crippen molar-refractivity contribution in [2.75, 3.05) is 20.6 Å². The molecule has 0 bridgehead atoms. The minimum atomic E-state index is -0.888. The first-order chi connectivity index (χ1) is 15.8. The topological polar surface area (TPSA) is 61.8 Å². The van der Waals surface area contributed by atoms with Crippen LogP contribution in [0.25, 0.3) is 0 Å². The molecule has 4 rings (SSSR count). The van der Waals surface area contributed by atoms with Crippen LogP contribution in [-0.4, -0.2) is 48.8 Å². The van der Waals surface area contributed by atoms with Crippen molar-refractivity contribution in [1.29, 1.82) is 0 Å². The van der Waals surface area contributed by atoms with Crippen LogP contribution in [0, 0.1) is 11.7 Å². The largest absolute Gasteiger partial charge is 0.489 e. The second kappa shape index (κ2) is 10.00. The van der Waals surface area contributed by atoms with Gasteiger partial charge in [-0.15, -0.1) is 0 Å². The van der Waals surface area contributed by atoms with Crippen LogP contribution >= 0.6 is 11.6 Å². The number of benzene rings is 2. The van der Waals surface area contributed by atoms with Gasteiger partial charge in [-0.1, -0.05) is 41.9 Å². The first-order valence-electron chi connectivity index (χ1n) is 11.6. The van der Waals surface area contributed by atoms with Gasteiger partial charge in [0.25, 0.3) is 0 Å². The average Bonchev–Trinajstić information content (AvgIpc) is 3.27. The number of carbonyl (C=O) groups is 1. The number of hydrogen-bond acceptors (Lipinski definition) is 4. The lowest BCUT2D eigenvalue weighted by Gasteiger charge is -2.45. The Morgan fingerprint density at radius 2 is 1.94 bits per heavy atom. The number of ether oxygens (including phenoxy) is 1. The zero-order chi connectivity index (χ0) is 23.6. The molecule has 1 heterocycles. The third-order valence-corrected chi connectivity index (χ3v) is 7.65. The van der Waals surface area contributed by atoms with E-state index < -0.39 is 12.0 Å². The Morgan fingerprint density at radius 1 is 1.24 bits per heavy atom. The van der Waals surface area contributed by atoms with Gasteiger partial charge in [0.15, 0.2) is 0 Å². The van der Waals surface area contributed by atoms with E-state index in [1.165, 1.54) is 11.6 Å². The van der Waals surface area contributed by atoms with E-state index in [-0.39, 0.29) is 22.5 Å². The van der Waals surface area contributed by atoms with Crippen LogP contribution in [0.3, 0.4) is 0 Å². The highest BCUT2D eigenvalue weighted by Crippen LogP contribution is 2.44. The molecule has 5 nitrogen and oxygen atoms in total.